The highest BCUT2D eigenvalue weighted by Gasteiger charge is 2.43. The number of esters is 2. The van der Waals surface area contributed by atoms with Gasteiger partial charge in [0.2, 0.25) is 0 Å². The molecule has 0 bridgehead atoms. The lowest BCUT2D eigenvalue weighted by atomic mass is 9.82. The highest BCUT2D eigenvalue weighted by molar-refractivity contribution is 6.46. The molecule has 1 N–H and O–H groups in total. The molecule has 5 aliphatic heterocycles. The zero-order chi connectivity index (χ0) is 87.5. The Kier molecular flexibility index (Phi) is 17.8. The lowest BCUT2D eigenvalue weighted by Crippen LogP contribution is -2.44. The van der Waals surface area contributed by atoms with Gasteiger partial charge in [-0.1, -0.05) is 112 Å². The van der Waals surface area contributed by atoms with Crippen molar-refractivity contribution in [2.75, 3.05) is 39.5 Å². The molecule has 0 spiro atoms. The molecule has 0 unspecified atom stereocenters. The predicted octanol–water partition coefficient (Wildman–Crippen LogP) is 20.0. The number of benzene rings is 17. The number of rotatable bonds is 23. The first-order valence-corrected chi connectivity index (χ1v) is 43.1. The number of aliphatic hydroxyl groups is 1. The Labute approximate surface area is 723 Å². The Morgan fingerprint density at radius 1 is 0.291 bits per heavy atom. The molecule has 0 aliphatic carbocycles. The van der Waals surface area contributed by atoms with Gasteiger partial charge in [0.1, 0.15) is 23.0 Å². The van der Waals surface area contributed by atoms with Crippen LogP contribution in [0.1, 0.15) is 209 Å². The molecule has 0 aromatic heterocycles. The number of carbonyl (C=O) groups is 12. The van der Waals surface area contributed by atoms with E-state index in [1.54, 1.807) is 103 Å². The Hall–Kier alpha value is -15.2. The van der Waals surface area contributed by atoms with Gasteiger partial charge in [0.25, 0.3) is 59.1 Å². The van der Waals surface area contributed by atoms with Crippen LogP contribution in [0.15, 0.2) is 182 Å². The molecule has 0 fully saturated rings. The predicted molar refractivity (Wildman–Crippen MR) is 483 cm³/mol. The van der Waals surface area contributed by atoms with Crippen LogP contribution in [-0.4, -0.2) is 152 Å². The van der Waals surface area contributed by atoms with Crippen molar-refractivity contribution in [1.82, 2.24) is 24.5 Å². The summed E-state index contributed by atoms with van der Waals surface area (Å²) in [7, 11) is 0. The summed E-state index contributed by atoms with van der Waals surface area (Å²) in [5, 5.41) is 24.5. The third-order valence-corrected chi connectivity index (χ3v) is 26.5. The van der Waals surface area contributed by atoms with Crippen molar-refractivity contribution < 1.29 is 81.6 Å². The fourth-order valence-corrected chi connectivity index (χ4v) is 20.7. The minimum atomic E-state index is -0.759. The maximum absolute atomic E-state index is 15.2. The lowest BCUT2D eigenvalue weighted by Gasteiger charge is -2.31. The van der Waals surface area contributed by atoms with E-state index >= 15 is 9.59 Å². The molecular formula is C105H77N5O17. The third-order valence-electron chi connectivity index (χ3n) is 26.5. The molecule has 624 valence electrons. The smallest absolute Gasteiger partial charge is 0.338 e. The van der Waals surface area contributed by atoms with Crippen LogP contribution >= 0.6 is 0 Å². The number of amides is 10. The standard InChI is InChI=1S/C105H77N5O17/c1-7-9-46-124-104(122)75-39-29-65-90-78(126-54-16-12-52(13-17-54)40-43-107-95(113)66-30-20-56-60-24-34-71-86-72(101(119)109(50(3)4)100(71)118)35-25-61(82(60)86)57-21-31-67(96(107)114)84(66)80(56)57)48-76-88-70(94(112)106(99(76)117)42-11-45-111)38-28-64(92(88)90)91-79(49-77(89(75)93(65)91)105(123)125-47-10-8-2)127-55-18-14-53(15-19-55)41-44-108-97(115)68-32-22-58-62-26-36-73-87-74(103(121)110(51(5)6)102(73)120)37-27-63(83(62)87)59-23-33-69(98(108)116)85(68)81(58)59/h12-39,48-51,111H,7-11,40-47H2,1-6H3. The van der Waals surface area contributed by atoms with Gasteiger partial charge in [-0.05, 0) is 243 Å². The van der Waals surface area contributed by atoms with E-state index in [1.807, 2.05) is 114 Å². The third kappa shape index (κ3) is 11.2. The van der Waals surface area contributed by atoms with Crippen molar-refractivity contribution in [1.29, 1.82) is 0 Å². The number of hydrogen-bond acceptors (Lipinski definition) is 17. The number of hydrogen-bond donors (Lipinski definition) is 1. The fraction of sp³-hybridized carbons (Fsp3) is 0.200. The summed E-state index contributed by atoms with van der Waals surface area (Å²) in [6.07, 6.45) is 3.06. The molecular weight excluding hydrogens is 1600 g/mol. The van der Waals surface area contributed by atoms with Crippen LogP contribution in [0, 0.1) is 0 Å². The van der Waals surface area contributed by atoms with E-state index in [0.29, 0.717) is 129 Å². The fourth-order valence-electron chi connectivity index (χ4n) is 20.7. The largest absolute Gasteiger partial charge is 0.462 e. The van der Waals surface area contributed by atoms with Gasteiger partial charge in [-0.25, -0.2) is 9.59 Å². The maximum Gasteiger partial charge on any atom is 0.338 e. The molecule has 0 saturated carbocycles. The maximum atomic E-state index is 15.2. The molecule has 0 saturated heterocycles. The van der Waals surface area contributed by atoms with Crippen LogP contribution in [0.25, 0.3) is 129 Å². The van der Waals surface area contributed by atoms with Crippen molar-refractivity contribution in [2.45, 2.75) is 98.6 Å². The van der Waals surface area contributed by atoms with Crippen molar-refractivity contribution in [3.8, 4) is 23.0 Å². The Bertz CT molecular complexity index is 7720. The number of nitrogens with zero attached hydrogens (tertiary/aromatic N) is 5. The molecule has 0 atom stereocenters. The van der Waals surface area contributed by atoms with Gasteiger partial charge in [-0.15, -0.1) is 0 Å². The van der Waals surface area contributed by atoms with E-state index in [1.165, 1.54) is 25.7 Å². The lowest BCUT2D eigenvalue weighted by molar-refractivity contribution is 0.0493. The van der Waals surface area contributed by atoms with Crippen LogP contribution < -0.4 is 9.47 Å². The van der Waals surface area contributed by atoms with E-state index in [2.05, 4.69) is 0 Å². The molecule has 5 aliphatic rings. The van der Waals surface area contributed by atoms with Gasteiger partial charge in [-0.2, -0.15) is 0 Å². The summed E-state index contributed by atoms with van der Waals surface area (Å²) in [6.45, 7) is 10.9. The van der Waals surface area contributed by atoms with Crippen LogP contribution in [0.3, 0.4) is 0 Å². The van der Waals surface area contributed by atoms with Gasteiger partial charge < -0.3 is 24.1 Å². The zero-order valence-electron chi connectivity index (χ0n) is 69.9. The van der Waals surface area contributed by atoms with E-state index in [4.69, 9.17) is 18.9 Å². The first-order valence-electron chi connectivity index (χ1n) is 43.1. The Balaban J connectivity index is 0.603. The van der Waals surface area contributed by atoms with Gasteiger partial charge in [0.05, 0.1) is 29.9 Å². The zero-order valence-corrected chi connectivity index (χ0v) is 69.9. The summed E-state index contributed by atoms with van der Waals surface area (Å²) in [5.41, 5.74) is 4.96. The molecule has 127 heavy (non-hydrogen) atoms. The summed E-state index contributed by atoms with van der Waals surface area (Å²) >= 11 is 0. The Morgan fingerprint density at radius 2 is 0.583 bits per heavy atom. The molecule has 22 nitrogen and oxygen atoms in total. The number of aliphatic hydroxyl groups excluding tert-OH is 1. The summed E-state index contributed by atoms with van der Waals surface area (Å²) in [5.74, 6) is -5.16. The van der Waals surface area contributed by atoms with Crippen molar-refractivity contribution >= 4 is 200 Å². The number of imide groups is 5. The van der Waals surface area contributed by atoms with Crippen LogP contribution in [0.5, 0.6) is 23.0 Å². The Morgan fingerprint density at radius 3 is 0.921 bits per heavy atom. The first kappa shape index (κ1) is 77.9. The van der Waals surface area contributed by atoms with Gasteiger partial charge in [0.15, 0.2) is 0 Å². The van der Waals surface area contributed by atoms with Crippen LogP contribution in [-0.2, 0) is 22.3 Å². The van der Waals surface area contributed by atoms with E-state index < -0.39 is 47.4 Å². The average molecular weight is 1680 g/mol. The second-order valence-electron chi connectivity index (χ2n) is 34.2. The molecule has 0 radical (unpaired) electrons. The van der Waals surface area contributed by atoms with Crippen molar-refractivity contribution in [2.24, 2.45) is 0 Å². The minimum absolute atomic E-state index is 0.00238. The SMILES string of the molecule is CCCCOC(=O)c1ccc2c3c(Oc4ccc(CCN5C(=O)c6ccc7c8ccc9c%10c(ccc(c%11ccc(c6c7%11)C5=O)c%108)C(=O)N(C(C)C)C9=O)cc4)cc4c5c(ccc(c6c(Oc7ccc(CCN8C(=O)c9ccc%10c%11ccc%12c%13c(ccc(c%14ccc(c9c%10%14)C8=O)c%13%11)C(=O)N(C(C)C)C%12=O)cc7)cc(C(=O)OCCCC)c1c26)c53)C(=O)N(CCCO)C4=O. The molecule has 17 aromatic rings. The highest BCUT2D eigenvalue weighted by atomic mass is 16.5. The number of fused-ring (bicyclic) bond motifs is 6. The van der Waals surface area contributed by atoms with Crippen molar-refractivity contribution in [3.05, 3.63) is 260 Å². The molecule has 17 aromatic carbocycles. The minimum Gasteiger partial charge on any atom is -0.462 e. The summed E-state index contributed by atoms with van der Waals surface area (Å²) in [4.78, 5) is 181. The second-order valence-corrected chi connectivity index (χ2v) is 34.2. The van der Waals surface area contributed by atoms with E-state index in [0.717, 1.165) is 87.1 Å². The van der Waals surface area contributed by atoms with Crippen molar-refractivity contribution in [3.63, 3.8) is 0 Å². The summed E-state index contributed by atoms with van der Waals surface area (Å²) < 4.78 is 26.2. The second kappa shape index (κ2) is 29.0. The number of carbonyl (C=O) groups excluding carboxylic acids is 12. The van der Waals surface area contributed by atoms with Gasteiger partial charge in [-0.3, -0.25) is 72.4 Å². The molecule has 10 amide bonds. The molecule has 22 heteroatoms. The average Bonchev–Trinajstić information content (AvgIpc) is 0.690. The van der Waals surface area contributed by atoms with Crippen LogP contribution in [0.2, 0.25) is 0 Å². The first-order chi connectivity index (χ1) is 61.6. The molecule has 5 heterocycles. The number of unbranched alkanes of at least 4 members (excludes halogenated alkanes) is 2. The normalized spacial score (nSPS) is 14.6. The molecule has 22 rings (SSSR count). The summed E-state index contributed by atoms with van der Waals surface area (Å²) in [6, 6.07) is 52.3. The quantitative estimate of drug-likeness (QED) is 0.0205. The van der Waals surface area contributed by atoms with Crippen LogP contribution in [0.4, 0.5) is 0 Å². The monoisotopic (exact) mass is 1680 g/mol. The highest BCUT2D eigenvalue weighted by Crippen LogP contribution is 2.55. The van der Waals surface area contributed by atoms with Gasteiger partial charge in [0, 0.05) is 142 Å². The topological polar surface area (TPSA) is 278 Å². The van der Waals surface area contributed by atoms with Gasteiger partial charge >= 0.3 is 11.9 Å². The number of ether oxygens (including phenoxy) is 4. The van der Waals surface area contributed by atoms with E-state index in [-0.39, 0.29) is 139 Å². The van der Waals surface area contributed by atoms with E-state index in [9.17, 15) is 53.1 Å².